The van der Waals surface area contributed by atoms with Crippen LogP contribution < -0.4 is 15.2 Å². The first-order chi connectivity index (χ1) is 15.0. The van der Waals surface area contributed by atoms with Gasteiger partial charge < -0.3 is 19.1 Å². The molecule has 2 saturated heterocycles. The number of quaternary nitrogens is 1. The van der Waals surface area contributed by atoms with Crippen LogP contribution in [0.1, 0.15) is 37.8 Å². The lowest BCUT2D eigenvalue weighted by molar-refractivity contribution is -0.937. The van der Waals surface area contributed by atoms with Gasteiger partial charge in [0.25, 0.3) is 5.56 Å². The highest BCUT2D eigenvalue weighted by molar-refractivity contribution is 5.73. The molecular formula is C25H32N3O3+. The van der Waals surface area contributed by atoms with Gasteiger partial charge in [-0.2, -0.15) is 0 Å². The molecule has 4 heterocycles. The standard InChI is InChI=1S/C25H31N3O3/c1-17(29)26-11-9-21(10-12-26)27-14-18-13-20(16-27)25-23(7-8-24(30)28(25)15-18)19-3-5-22(31-2)6-4-19/h3-8,18,20-21H,9-16H2,1-2H3/p+1/t18-,20+/m0/s1. The quantitative estimate of drug-likeness (QED) is 0.816. The van der Waals surface area contributed by atoms with E-state index in [9.17, 15) is 9.59 Å². The number of rotatable bonds is 3. The first-order valence-electron chi connectivity index (χ1n) is 11.5. The van der Waals surface area contributed by atoms with Gasteiger partial charge in [-0.1, -0.05) is 12.1 Å². The fraction of sp³-hybridized carbons (Fsp3) is 0.520. The molecule has 3 aliphatic rings. The van der Waals surface area contributed by atoms with Crippen molar-refractivity contribution in [2.75, 3.05) is 33.3 Å². The summed E-state index contributed by atoms with van der Waals surface area (Å²) < 4.78 is 7.37. The van der Waals surface area contributed by atoms with Crippen LogP contribution >= 0.6 is 0 Å². The Bertz CT molecular complexity index is 1020. The molecule has 6 nitrogen and oxygen atoms in total. The molecule has 2 fully saturated rings. The number of pyridine rings is 1. The van der Waals surface area contributed by atoms with Gasteiger partial charge in [0.05, 0.1) is 26.2 Å². The van der Waals surface area contributed by atoms with Crippen LogP contribution in [0.25, 0.3) is 11.1 Å². The molecule has 0 radical (unpaired) electrons. The van der Waals surface area contributed by atoms with Crippen LogP contribution in [0, 0.1) is 5.92 Å². The topological polar surface area (TPSA) is 56.0 Å². The highest BCUT2D eigenvalue weighted by Gasteiger charge is 2.41. The second-order valence-corrected chi connectivity index (χ2v) is 9.46. The van der Waals surface area contributed by atoms with E-state index in [1.54, 1.807) is 25.0 Å². The Balaban J connectivity index is 1.43. The second-order valence-electron chi connectivity index (χ2n) is 9.46. The number of likely N-dealkylation sites (tertiary alicyclic amines) is 2. The molecule has 0 spiro atoms. The summed E-state index contributed by atoms with van der Waals surface area (Å²) in [4.78, 5) is 28.1. The average molecular weight is 423 g/mol. The number of methoxy groups -OCH3 is 1. The summed E-state index contributed by atoms with van der Waals surface area (Å²) in [7, 11) is 1.68. The summed E-state index contributed by atoms with van der Waals surface area (Å²) in [6.07, 6.45) is 3.34. The number of nitrogens with zero attached hydrogens (tertiary/aromatic N) is 2. The van der Waals surface area contributed by atoms with Crippen molar-refractivity contribution in [2.24, 2.45) is 5.92 Å². The molecule has 1 N–H and O–H groups in total. The number of hydrogen-bond donors (Lipinski definition) is 1. The summed E-state index contributed by atoms with van der Waals surface area (Å²) in [6.45, 7) is 6.48. The van der Waals surface area contributed by atoms with E-state index in [4.69, 9.17) is 4.74 Å². The number of piperidine rings is 2. The second kappa shape index (κ2) is 8.15. The molecule has 2 bridgehead atoms. The first-order valence-corrected chi connectivity index (χ1v) is 11.5. The predicted molar refractivity (Wildman–Crippen MR) is 120 cm³/mol. The minimum atomic E-state index is 0.125. The smallest absolute Gasteiger partial charge is 0.250 e. The fourth-order valence-electron chi connectivity index (χ4n) is 6.12. The third kappa shape index (κ3) is 3.78. The van der Waals surface area contributed by atoms with E-state index in [0.717, 1.165) is 56.9 Å². The van der Waals surface area contributed by atoms with Crippen molar-refractivity contribution in [3.05, 3.63) is 52.4 Å². The van der Waals surface area contributed by atoms with E-state index in [0.29, 0.717) is 17.9 Å². The number of benzene rings is 1. The maximum Gasteiger partial charge on any atom is 0.250 e. The molecule has 6 heteroatoms. The molecule has 31 heavy (non-hydrogen) atoms. The van der Waals surface area contributed by atoms with Crippen molar-refractivity contribution in [1.29, 1.82) is 0 Å². The van der Waals surface area contributed by atoms with E-state index < -0.39 is 0 Å². The summed E-state index contributed by atoms with van der Waals surface area (Å²) >= 11 is 0. The molecule has 3 atom stereocenters. The Labute approximate surface area is 183 Å². The highest BCUT2D eigenvalue weighted by Crippen LogP contribution is 2.37. The van der Waals surface area contributed by atoms with Crippen molar-refractivity contribution < 1.29 is 14.4 Å². The lowest BCUT2D eigenvalue weighted by Gasteiger charge is -2.45. The number of fused-ring (bicyclic) bond motifs is 4. The Hall–Kier alpha value is -2.60. The van der Waals surface area contributed by atoms with Crippen molar-refractivity contribution >= 4 is 5.91 Å². The van der Waals surface area contributed by atoms with Gasteiger partial charge in [-0.15, -0.1) is 0 Å². The predicted octanol–water partition coefficient (Wildman–Crippen LogP) is 1.54. The number of aromatic nitrogens is 1. The van der Waals surface area contributed by atoms with E-state index in [-0.39, 0.29) is 11.5 Å². The highest BCUT2D eigenvalue weighted by atomic mass is 16.5. The van der Waals surface area contributed by atoms with Gasteiger partial charge in [0, 0.05) is 68.6 Å². The number of hydrogen-bond acceptors (Lipinski definition) is 3. The maximum atomic E-state index is 12.8. The van der Waals surface area contributed by atoms with Gasteiger partial charge in [0.15, 0.2) is 0 Å². The molecular weight excluding hydrogens is 390 g/mol. The zero-order valence-electron chi connectivity index (χ0n) is 18.5. The van der Waals surface area contributed by atoms with E-state index in [2.05, 4.69) is 12.1 Å². The summed E-state index contributed by atoms with van der Waals surface area (Å²) in [5.41, 5.74) is 3.66. The lowest BCUT2D eigenvalue weighted by Crippen LogP contribution is -3.18. The van der Waals surface area contributed by atoms with Gasteiger partial charge >= 0.3 is 0 Å². The van der Waals surface area contributed by atoms with Gasteiger partial charge in [-0.05, 0) is 30.2 Å². The molecule has 2 aromatic rings. The third-order valence-corrected chi connectivity index (χ3v) is 7.65. The molecule has 0 aliphatic carbocycles. The monoisotopic (exact) mass is 422 g/mol. The third-order valence-electron chi connectivity index (χ3n) is 7.65. The molecule has 1 amide bonds. The van der Waals surface area contributed by atoms with E-state index >= 15 is 0 Å². The minimum Gasteiger partial charge on any atom is -0.497 e. The fourth-order valence-corrected chi connectivity index (χ4v) is 6.12. The molecule has 3 aliphatic heterocycles. The van der Waals surface area contributed by atoms with Gasteiger partial charge in [0.2, 0.25) is 5.91 Å². The Kier molecular flexibility index (Phi) is 5.34. The van der Waals surface area contributed by atoms with Crippen LogP contribution in [0.3, 0.4) is 0 Å². The summed E-state index contributed by atoms with van der Waals surface area (Å²) in [5.74, 6) is 1.99. The molecule has 164 valence electrons. The van der Waals surface area contributed by atoms with Crippen molar-refractivity contribution in [1.82, 2.24) is 9.47 Å². The number of ether oxygens (including phenoxy) is 1. The zero-order valence-corrected chi connectivity index (χ0v) is 18.5. The number of nitrogens with one attached hydrogen (secondary N) is 1. The van der Waals surface area contributed by atoms with E-state index in [1.807, 2.05) is 27.7 Å². The Morgan fingerprint density at radius 1 is 1.06 bits per heavy atom. The van der Waals surface area contributed by atoms with Crippen molar-refractivity contribution in [3.63, 3.8) is 0 Å². The molecule has 5 rings (SSSR count). The number of carbonyl (C=O) groups is 1. The van der Waals surface area contributed by atoms with Gasteiger partial charge in [-0.3, -0.25) is 9.59 Å². The minimum absolute atomic E-state index is 0.125. The molecule has 1 aromatic carbocycles. The molecule has 0 saturated carbocycles. The zero-order chi connectivity index (χ0) is 21.5. The molecule has 1 unspecified atom stereocenters. The Morgan fingerprint density at radius 3 is 2.48 bits per heavy atom. The average Bonchev–Trinajstić information content (AvgIpc) is 2.80. The van der Waals surface area contributed by atoms with Crippen LogP contribution in [-0.4, -0.2) is 54.7 Å². The normalized spacial score (nSPS) is 25.7. The Morgan fingerprint density at radius 2 is 1.81 bits per heavy atom. The number of amides is 1. The largest absolute Gasteiger partial charge is 0.497 e. The van der Waals surface area contributed by atoms with Crippen LogP contribution in [-0.2, 0) is 11.3 Å². The maximum absolute atomic E-state index is 12.8. The van der Waals surface area contributed by atoms with Crippen LogP contribution in [0.15, 0.2) is 41.2 Å². The van der Waals surface area contributed by atoms with Crippen molar-refractivity contribution in [2.45, 2.75) is 44.7 Å². The lowest BCUT2D eigenvalue weighted by atomic mass is 9.79. The van der Waals surface area contributed by atoms with Gasteiger partial charge in [0.1, 0.15) is 5.75 Å². The number of carbonyl (C=O) groups excluding carboxylic acids is 1. The molecule has 1 aromatic heterocycles. The summed E-state index contributed by atoms with van der Waals surface area (Å²) in [5, 5.41) is 0. The van der Waals surface area contributed by atoms with E-state index in [1.165, 1.54) is 17.7 Å². The van der Waals surface area contributed by atoms with Crippen molar-refractivity contribution in [3.8, 4) is 16.9 Å². The summed E-state index contributed by atoms with van der Waals surface area (Å²) in [6, 6.07) is 12.5. The van der Waals surface area contributed by atoms with Crippen LogP contribution in [0.2, 0.25) is 0 Å². The van der Waals surface area contributed by atoms with Crippen LogP contribution in [0.4, 0.5) is 0 Å². The van der Waals surface area contributed by atoms with Crippen LogP contribution in [0.5, 0.6) is 5.75 Å². The SMILES string of the molecule is COc1ccc(-c2ccc(=O)n3c2[C@@H]2C[C@H](C3)C[NH+](C3CCN(C(C)=O)CC3)C2)cc1. The first kappa shape index (κ1) is 20.3. The van der Waals surface area contributed by atoms with Gasteiger partial charge in [-0.25, -0.2) is 0 Å².